The molecule has 0 aliphatic carbocycles. The van der Waals surface area contributed by atoms with Gasteiger partial charge >= 0.3 is 0 Å². The second-order valence-corrected chi connectivity index (χ2v) is 5.75. The molecule has 1 saturated heterocycles. The number of hydrogen-bond acceptors (Lipinski definition) is 5. The van der Waals surface area contributed by atoms with Gasteiger partial charge in [-0.15, -0.1) is 0 Å². The summed E-state index contributed by atoms with van der Waals surface area (Å²) in [5, 5.41) is 9.94. The van der Waals surface area contributed by atoms with Crippen LogP contribution in [0.1, 0.15) is 12.6 Å². The molecule has 112 valence electrons. The zero-order valence-corrected chi connectivity index (χ0v) is 13.0. The summed E-state index contributed by atoms with van der Waals surface area (Å²) in [6.45, 7) is 4.63. The van der Waals surface area contributed by atoms with Crippen LogP contribution in [0, 0.1) is 11.3 Å². The summed E-state index contributed by atoms with van der Waals surface area (Å²) in [6.07, 6.45) is 3.18. The van der Waals surface area contributed by atoms with E-state index in [0.29, 0.717) is 11.5 Å². The van der Waals surface area contributed by atoms with Crippen molar-refractivity contribution < 1.29 is 0 Å². The smallest absolute Gasteiger partial charge is 0.183 e. The van der Waals surface area contributed by atoms with E-state index >= 15 is 0 Å². The lowest BCUT2D eigenvalue weighted by Crippen LogP contribution is -2.52. The Morgan fingerprint density at radius 2 is 2.09 bits per heavy atom. The fourth-order valence-electron chi connectivity index (χ4n) is 2.80. The summed E-state index contributed by atoms with van der Waals surface area (Å²) in [6, 6.07) is 10.2. The third-order valence-electron chi connectivity index (χ3n) is 3.86. The molecule has 0 saturated carbocycles. The van der Waals surface area contributed by atoms with Gasteiger partial charge in [0.05, 0.1) is 0 Å². The molecule has 1 aliphatic heterocycles. The Kier molecular flexibility index (Phi) is 4.12. The number of hydrogen-bond donors (Lipinski definition) is 0. The van der Waals surface area contributed by atoms with Crippen molar-refractivity contribution in [2.24, 2.45) is 0 Å². The molecule has 1 aliphatic rings. The Balaban J connectivity index is 1.80. The van der Waals surface area contributed by atoms with Crippen LogP contribution in [0.5, 0.6) is 0 Å². The summed E-state index contributed by atoms with van der Waals surface area (Å²) in [5.74, 6) is 0.670. The first-order chi connectivity index (χ1) is 10.7. The maximum Gasteiger partial charge on any atom is 0.183 e. The van der Waals surface area contributed by atoms with Crippen LogP contribution in [0.3, 0.4) is 0 Å². The summed E-state index contributed by atoms with van der Waals surface area (Å²) in [5.41, 5.74) is 1.50. The molecule has 0 amide bonds. The monoisotopic (exact) mass is 313 g/mol. The first kappa shape index (κ1) is 14.6. The van der Waals surface area contributed by atoms with Gasteiger partial charge in [0.1, 0.15) is 6.07 Å². The van der Waals surface area contributed by atoms with Crippen LogP contribution in [0.15, 0.2) is 36.7 Å². The maximum atomic E-state index is 9.19. The van der Waals surface area contributed by atoms with Crippen molar-refractivity contribution in [1.29, 1.82) is 5.26 Å². The number of benzene rings is 1. The molecule has 0 bridgehead atoms. The van der Waals surface area contributed by atoms with Crippen LogP contribution in [0.25, 0.3) is 0 Å². The molecule has 0 spiro atoms. The fourth-order valence-corrected chi connectivity index (χ4v) is 2.98. The van der Waals surface area contributed by atoms with Gasteiger partial charge in [-0.2, -0.15) is 5.26 Å². The summed E-state index contributed by atoms with van der Waals surface area (Å²) in [4.78, 5) is 12.9. The van der Waals surface area contributed by atoms with Crippen molar-refractivity contribution in [2.45, 2.75) is 13.0 Å². The summed E-state index contributed by atoms with van der Waals surface area (Å²) >= 11 is 6.07. The van der Waals surface area contributed by atoms with Crippen LogP contribution >= 0.6 is 11.6 Å². The van der Waals surface area contributed by atoms with Crippen molar-refractivity contribution in [3.8, 4) is 6.07 Å². The van der Waals surface area contributed by atoms with Crippen molar-refractivity contribution in [3.63, 3.8) is 0 Å². The number of aromatic nitrogens is 2. The highest BCUT2D eigenvalue weighted by Gasteiger charge is 2.27. The molecule has 1 aromatic carbocycles. The summed E-state index contributed by atoms with van der Waals surface area (Å²) in [7, 11) is 0. The number of nitrogens with zero attached hydrogens (tertiary/aromatic N) is 5. The lowest BCUT2D eigenvalue weighted by molar-refractivity contribution is 0.545. The lowest BCUT2D eigenvalue weighted by Gasteiger charge is -2.41. The summed E-state index contributed by atoms with van der Waals surface area (Å²) < 4.78 is 0. The molecule has 0 radical (unpaired) electrons. The molecule has 3 rings (SSSR count). The molecule has 2 heterocycles. The predicted octanol–water partition coefficient (Wildman–Crippen LogP) is 2.72. The average molecular weight is 314 g/mol. The van der Waals surface area contributed by atoms with Crippen LogP contribution in [0.2, 0.25) is 5.02 Å². The van der Waals surface area contributed by atoms with Crippen LogP contribution in [-0.4, -0.2) is 35.6 Å². The number of rotatable bonds is 2. The fraction of sp³-hybridized carbons (Fsp3) is 0.312. The second-order valence-electron chi connectivity index (χ2n) is 5.31. The minimum atomic E-state index is 0.233. The van der Waals surface area contributed by atoms with Crippen molar-refractivity contribution in [3.05, 3.63) is 47.4 Å². The normalized spacial score (nSPS) is 18.1. The van der Waals surface area contributed by atoms with E-state index in [1.165, 1.54) is 0 Å². The highest BCUT2D eigenvalue weighted by molar-refractivity contribution is 6.30. The zero-order valence-electron chi connectivity index (χ0n) is 12.3. The Bertz CT molecular complexity index is 712. The van der Waals surface area contributed by atoms with Crippen molar-refractivity contribution >= 4 is 23.1 Å². The predicted molar refractivity (Wildman–Crippen MR) is 87.2 cm³/mol. The quantitative estimate of drug-likeness (QED) is 0.853. The Labute approximate surface area is 134 Å². The number of nitriles is 1. The molecule has 22 heavy (non-hydrogen) atoms. The number of piperazine rings is 1. The second kappa shape index (κ2) is 6.20. The number of halogens is 1. The van der Waals surface area contributed by atoms with Gasteiger partial charge in [0, 0.05) is 48.8 Å². The van der Waals surface area contributed by atoms with Crippen LogP contribution in [-0.2, 0) is 0 Å². The van der Waals surface area contributed by atoms with E-state index in [2.05, 4.69) is 38.8 Å². The lowest BCUT2D eigenvalue weighted by atomic mass is 10.1. The van der Waals surface area contributed by atoms with Gasteiger partial charge in [-0.3, -0.25) is 0 Å². The highest BCUT2D eigenvalue weighted by atomic mass is 35.5. The van der Waals surface area contributed by atoms with E-state index in [0.717, 1.165) is 30.3 Å². The van der Waals surface area contributed by atoms with Gasteiger partial charge in [0.15, 0.2) is 11.5 Å². The van der Waals surface area contributed by atoms with Gasteiger partial charge in [-0.05, 0) is 25.1 Å². The van der Waals surface area contributed by atoms with E-state index in [4.69, 9.17) is 11.6 Å². The van der Waals surface area contributed by atoms with Gasteiger partial charge in [0.2, 0.25) is 0 Å². The van der Waals surface area contributed by atoms with E-state index in [1.807, 2.05) is 18.2 Å². The van der Waals surface area contributed by atoms with Gasteiger partial charge in [0.25, 0.3) is 0 Å². The molecule has 0 N–H and O–H groups in total. The van der Waals surface area contributed by atoms with Crippen molar-refractivity contribution in [1.82, 2.24) is 9.97 Å². The maximum absolute atomic E-state index is 9.19. The molecule has 6 heteroatoms. The van der Waals surface area contributed by atoms with E-state index in [9.17, 15) is 5.26 Å². The first-order valence-corrected chi connectivity index (χ1v) is 7.55. The molecular formula is C16H16ClN5. The van der Waals surface area contributed by atoms with E-state index in [1.54, 1.807) is 12.4 Å². The van der Waals surface area contributed by atoms with Gasteiger partial charge in [-0.1, -0.05) is 17.7 Å². The van der Waals surface area contributed by atoms with Gasteiger partial charge in [-0.25, -0.2) is 9.97 Å². The first-order valence-electron chi connectivity index (χ1n) is 7.17. The Hall–Kier alpha value is -2.32. The molecule has 1 atom stereocenters. The van der Waals surface area contributed by atoms with E-state index < -0.39 is 0 Å². The molecule has 1 aromatic heterocycles. The Morgan fingerprint density at radius 1 is 1.27 bits per heavy atom. The van der Waals surface area contributed by atoms with Crippen molar-refractivity contribution in [2.75, 3.05) is 29.4 Å². The molecule has 5 nitrogen and oxygen atoms in total. The Morgan fingerprint density at radius 3 is 2.82 bits per heavy atom. The zero-order chi connectivity index (χ0) is 15.5. The average Bonchev–Trinajstić information content (AvgIpc) is 2.55. The van der Waals surface area contributed by atoms with Crippen LogP contribution < -0.4 is 9.80 Å². The van der Waals surface area contributed by atoms with Crippen LogP contribution in [0.4, 0.5) is 11.5 Å². The van der Waals surface area contributed by atoms with E-state index in [-0.39, 0.29) is 6.04 Å². The minimum Gasteiger partial charge on any atom is -0.368 e. The minimum absolute atomic E-state index is 0.233. The third kappa shape index (κ3) is 2.83. The topological polar surface area (TPSA) is 56.1 Å². The third-order valence-corrected chi connectivity index (χ3v) is 4.09. The van der Waals surface area contributed by atoms with Gasteiger partial charge < -0.3 is 9.80 Å². The standard InChI is InChI=1S/C16H16ClN5/c1-12-11-21(14-4-2-3-13(17)9-14)7-8-22(12)16-15(10-18)19-5-6-20-16/h2-6,9,12H,7-8,11H2,1H3. The molecular weight excluding hydrogens is 298 g/mol. The highest BCUT2D eigenvalue weighted by Crippen LogP contribution is 2.25. The SMILES string of the molecule is CC1CN(c2cccc(Cl)c2)CCN1c1nccnc1C#N. The number of anilines is 2. The largest absolute Gasteiger partial charge is 0.368 e. The molecule has 2 aromatic rings. The molecule has 1 fully saturated rings. The molecule has 1 unspecified atom stereocenters.